The van der Waals surface area contributed by atoms with Gasteiger partial charge in [0.15, 0.2) is 0 Å². The van der Waals surface area contributed by atoms with Crippen molar-refractivity contribution >= 4 is 0 Å². The van der Waals surface area contributed by atoms with Crippen molar-refractivity contribution in [3.63, 3.8) is 0 Å². The van der Waals surface area contributed by atoms with E-state index in [1.807, 2.05) is 18.2 Å². The quantitative estimate of drug-likeness (QED) is 0.855. The second kappa shape index (κ2) is 6.35. The minimum atomic E-state index is -0.536. The van der Waals surface area contributed by atoms with E-state index < -0.39 is 5.60 Å². The first kappa shape index (κ1) is 14.3. The van der Waals surface area contributed by atoms with Crippen molar-refractivity contribution in [2.45, 2.75) is 44.8 Å². The highest BCUT2D eigenvalue weighted by Gasteiger charge is 2.31. The van der Waals surface area contributed by atoms with Crippen LogP contribution >= 0.6 is 0 Å². The lowest BCUT2D eigenvalue weighted by Gasteiger charge is -2.35. The lowest BCUT2D eigenvalue weighted by Crippen LogP contribution is -2.43. The van der Waals surface area contributed by atoms with Gasteiger partial charge in [0, 0.05) is 19.2 Å². The van der Waals surface area contributed by atoms with Crippen LogP contribution in [0.2, 0.25) is 0 Å². The van der Waals surface area contributed by atoms with E-state index in [9.17, 15) is 5.11 Å². The van der Waals surface area contributed by atoms with Crippen molar-refractivity contribution in [3.8, 4) is 5.88 Å². The average Bonchev–Trinajstić information content (AvgIpc) is 2.43. The molecule has 19 heavy (non-hydrogen) atoms. The Labute approximate surface area is 115 Å². The van der Waals surface area contributed by atoms with E-state index in [0.29, 0.717) is 19.0 Å². The topological polar surface area (TPSA) is 54.4 Å². The third-order valence-electron chi connectivity index (χ3n) is 3.96. The molecule has 0 aliphatic heterocycles. The van der Waals surface area contributed by atoms with Gasteiger partial charge in [0.1, 0.15) is 0 Å². The van der Waals surface area contributed by atoms with E-state index in [4.69, 9.17) is 4.74 Å². The second-order valence-electron chi connectivity index (χ2n) is 5.68. The SMILES string of the molecule is COc1cccc(CNCC2(O)CCC(C)CC2)n1. The molecule has 106 valence electrons. The fourth-order valence-electron chi connectivity index (χ4n) is 2.57. The van der Waals surface area contributed by atoms with Crippen LogP contribution in [-0.4, -0.2) is 29.3 Å². The molecule has 4 nitrogen and oxygen atoms in total. The summed E-state index contributed by atoms with van der Waals surface area (Å²) in [7, 11) is 1.62. The number of aliphatic hydroxyl groups is 1. The smallest absolute Gasteiger partial charge is 0.213 e. The van der Waals surface area contributed by atoms with Gasteiger partial charge in [-0.1, -0.05) is 13.0 Å². The Balaban J connectivity index is 1.79. The largest absolute Gasteiger partial charge is 0.481 e. The minimum absolute atomic E-state index is 0.536. The molecule has 0 spiro atoms. The zero-order chi connectivity index (χ0) is 13.7. The number of hydrogen-bond acceptors (Lipinski definition) is 4. The molecule has 0 aromatic carbocycles. The van der Waals surface area contributed by atoms with Gasteiger partial charge in [-0.2, -0.15) is 0 Å². The zero-order valence-electron chi connectivity index (χ0n) is 11.9. The maximum atomic E-state index is 10.5. The summed E-state index contributed by atoms with van der Waals surface area (Å²) >= 11 is 0. The predicted molar refractivity (Wildman–Crippen MR) is 75.1 cm³/mol. The minimum Gasteiger partial charge on any atom is -0.481 e. The molecular weight excluding hydrogens is 240 g/mol. The second-order valence-corrected chi connectivity index (χ2v) is 5.68. The first-order valence-corrected chi connectivity index (χ1v) is 7.04. The Morgan fingerprint density at radius 1 is 1.42 bits per heavy atom. The normalized spacial score (nSPS) is 27.2. The maximum Gasteiger partial charge on any atom is 0.213 e. The van der Waals surface area contributed by atoms with Crippen LogP contribution < -0.4 is 10.1 Å². The first-order valence-electron chi connectivity index (χ1n) is 7.04. The molecule has 1 aromatic heterocycles. The number of ether oxygens (including phenoxy) is 1. The molecule has 1 aromatic rings. The van der Waals surface area contributed by atoms with Crippen LogP contribution in [0.15, 0.2) is 18.2 Å². The summed E-state index contributed by atoms with van der Waals surface area (Å²) in [4.78, 5) is 4.34. The van der Waals surface area contributed by atoms with Gasteiger partial charge in [-0.3, -0.25) is 0 Å². The van der Waals surface area contributed by atoms with Crippen LogP contribution in [0, 0.1) is 5.92 Å². The van der Waals surface area contributed by atoms with E-state index in [2.05, 4.69) is 17.2 Å². The third kappa shape index (κ3) is 4.18. The van der Waals surface area contributed by atoms with Crippen molar-refractivity contribution < 1.29 is 9.84 Å². The molecular formula is C15H24N2O2. The van der Waals surface area contributed by atoms with Gasteiger partial charge >= 0.3 is 0 Å². The van der Waals surface area contributed by atoms with Gasteiger partial charge in [0.2, 0.25) is 5.88 Å². The lowest BCUT2D eigenvalue weighted by atomic mass is 9.79. The third-order valence-corrected chi connectivity index (χ3v) is 3.96. The molecule has 2 N–H and O–H groups in total. The Morgan fingerprint density at radius 3 is 2.84 bits per heavy atom. The van der Waals surface area contributed by atoms with Crippen molar-refractivity contribution in [2.75, 3.05) is 13.7 Å². The summed E-state index contributed by atoms with van der Waals surface area (Å²) in [6.07, 6.45) is 4.03. The Morgan fingerprint density at radius 2 is 2.16 bits per heavy atom. The molecule has 0 amide bonds. The standard InChI is InChI=1S/C15H24N2O2/c1-12-6-8-15(18,9-7-12)11-16-10-13-4-3-5-14(17-13)19-2/h3-5,12,16,18H,6-11H2,1-2H3. The molecule has 0 bridgehead atoms. The number of aromatic nitrogens is 1. The van der Waals surface area contributed by atoms with Gasteiger partial charge in [0.05, 0.1) is 18.4 Å². The van der Waals surface area contributed by atoms with E-state index in [1.54, 1.807) is 7.11 Å². The van der Waals surface area contributed by atoms with Crippen molar-refractivity contribution in [2.24, 2.45) is 5.92 Å². The van der Waals surface area contributed by atoms with Crippen LogP contribution in [0.25, 0.3) is 0 Å². The van der Waals surface area contributed by atoms with Crippen LogP contribution in [0.4, 0.5) is 0 Å². The summed E-state index contributed by atoms with van der Waals surface area (Å²) in [6, 6.07) is 5.72. The van der Waals surface area contributed by atoms with Crippen LogP contribution in [0.5, 0.6) is 5.88 Å². The Kier molecular flexibility index (Phi) is 4.77. The molecule has 0 unspecified atom stereocenters. The van der Waals surface area contributed by atoms with E-state index in [1.165, 1.54) is 0 Å². The lowest BCUT2D eigenvalue weighted by molar-refractivity contribution is -0.00635. The van der Waals surface area contributed by atoms with E-state index in [0.717, 1.165) is 37.3 Å². The van der Waals surface area contributed by atoms with Gasteiger partial charge in [-0.05, 0) is 37.7 Å². The van der Waals surface area contributed by atoms with Crippen molar-refractivity contribution in [1.29, 1.82) is 0 Å². The van der Waals surface area contributed by atoms with Crippen molar-refractivity contribution in [3.05, 3.63) is 23.9 Å². The summed E-state index contributed by atoms with van der Waals surface area (Å²) in [6.45, 7) is 3.56. The summed E-state index contributed by atoms with van der Waals surface area (Å²) in [5.74, 6) is 1.38. The molecule has 1 aliphatic rings. The predicted octanol–water partition coefficient (Wildman–Crippen LogP) is 2.12. The Hall–Kier alpha value is -1.13. The van der Waals surface area contributed by atoms with Gasteiger partial charge in [0.25, 0.3) is 0 Å². The number of hydrogen-bond donors (Lipinski definition) is 2. The molecule has 0 saturated heterocycles. The van der Waals surface area contributed by atoms with E-state index >= 15 is 0 Å². The highest BCUT2D eigenvalue weighted by atomic mass is 16.5. The summed E-state index contributed by atoms with van der Waals surface area (Å²) < 4.78 is 5.09. The van der Waals surface area contributed by atoms with Crippen molar-refractivity contribution in [1.82, 2.24) is 10.3 Å². The zero-order valence-corrected chi connectivity index (χ0v) is 11.9. The molecule has 1 aliphatic carbocycles. The monoisotopic (exact) mass is 264 g/mol. The van der Waals surface area contributed by atoms with Crippen LogP contribution in [0.1, 0.15) is 38.3 Å². The molecule has 1 heterocycles. The van der Waals surface area contributed by atoms with Crippen LogP contribution in [-0.2, 0) is 6.54 Å². The molecule has 0 atom stereocenters. The highest BCUT2D eigenvalue weighted by molar-refractivity contribution is 5.15. The Bertz CT molecular complexity index is 401. The molecule has 4 heteroatoms. The number of nitrogens with zero attached hydrogens (tertiary/aromatic N) is 1. The number of methoxy groups -OCH3 is 1. The molecule has 2 rings (SSSR count). The summed E-state index contributed by atoms with van der Waals surface area (Å²) in [5.41, 5.74) is 0.401. The number of pyridine rings is 1. The fraction of sp³-hybridized carbons (Fsp3) is 0.667. The molecule has 0 radical (unpaired) electrons. The number of rotatable bonds is 5. The maximum absolute atomic E-state index is 10.5. The van der Waals surface area contributed by atoms with E-state index in [-0.39, 0.29) is 0 Å². The first-order chi connectivity index (χ1) is 9.11. The van der Waals surface area contributed by atoms with Gasteiger partial charge < -0.3 is 15.2 Å². The van der Waals surface area contributed by atoms with Gasteiger partial charge in [-0.15, -0.1) is 0 Å². The summed E-state index contributed by atoms with van der Waals surface area (Å²) in [5, 5.41) is 13.8. The fourth-order valence-corrected chi connectivity index (χ4v) is 2.57. The average molecular weight is 264 g/mol. The number of nitrogens with one attached hydrogen (secondary N) is 1. The molecule has 1 saturated carbocycles. The van der Waals surface area contributed by atoms with Crippen LogP contribution in [0.3, 0.4) is 0 Å². The van der Waals surface area contributed by atoms with Gasteiger partial charge in [-0.25, -0.2) is 4.98 Å². The highest BCUT2D eigenvalue weighted by Crippen LogP contribution is 2.31. The molecule has 1 fully saturated rings.